The first-order chi connectivity index (χ1) is 27.6. The molecule has 7 atom stereocenters. The predicted molar refractivity (Wildman–Crippen MR) is 219 cm³/mol. The van der Waals surface area contributed by atoms with Crippen molar-refractivity contribution < 1.29 is 32.3 Å². The number of likely N-dealkylation sites (N-methyl/N-ethyl adjacent to an activating group) is 1. The number of amides is 3. The van der Waals surface area contributed by atoms with E-state index >= 15 is 4.39 Å². The van der Waals surface area contributed by atoms with Crippen LogP contribution in [0.15, 0.2) is 36.4 Å². The zero-order valence-electron chi connectivity index (χ0n) is 34.7. The summed E-state index contributed by atoms with van der Waals surface area (Å²) in [6.07, 6.45) is 1.57. The third-order valence-electron chi connectivity index (χ3n) is 12.5. The summed E-state index contributed by atoms with van der Waals surface area (Å²) >= 11 is 0. The number of carbonyl (C=O) groups excluding carboxylic acids is 4. The highest BCUT2D eigenvalue weighted by atomic mass is 19.1. The van der Waals surface area contributed by atoms with Crippen LogP contribution in [0, 0.1) is 29.4 Å². The molecule has 58 heavy (non-hydrogen) atoms. The molecule has 2 aliphatic heterocycles. The Morgan fingerprint density at radius 2 is 1.67 bits per heavy atom. The van der Waals surface area contributed by atoms with Crippen LogP contribution in [0.4, 0.5) is 13.2 Å². The van der Waals surface area contributed by atoms with Gasteiger partial charge in [-0.2, -0.15) is 0 Å². The zero-order chi connectivity index (χ0) is 42.0. The van der Waals surface area contributed by atoms with Gasteiger partial charge < -0.3 is 30.0 Å². The van der Waals surface area contributed by atoms with Crippen molar-refractivity contribution in [3.8, 4) is 11.5 Å². The minimum Gasteiger partial charge on any atom is -0.352 e. The summed E-state index contributed by atoms with van der Waals surface area (Å²) in [4.78, 5) is 65.9. The molecule has 1 unspecified atom stereocenters. The first kappa shape index (κ1) is 42.9. The van der Waals surface area contributed by atoms with Crippen LogP contribution in [0.25, 0.3) is 33.5 Å². The van der Waals surface area contributed by atoms with Gasteiger partial charge in [-0.3, -0.25) is 19.2 Å². The number of ketones is 1. The first-order valence-electron chi connectivity index (χ1n) is 20.9. The Morgan fingerprint density at radius 3 is 2.36 bits per heavy atom. The summed E-state index contributed by atoms with van der Waals surface area (Å²) < 4.78 is 47.0. The summed E-state index contributed by atoms with van der Waals surface area (Å²) in [7, 11) is 1.69. The Bertz CT molecular complexity index is 2150. The first-order valence-corrected chi connectivity index (χ1v) is 20.9. The fraction of sp³-hybridized carbons (Fsp3) is 0.568. The van der Waals surface area contributed by atoms with Crippen molar-refractivity contribution >= 4 is 45.4 Å². The molecule has 2 aromatic carbocycles. The van der Waals surface area contributed by atoms with Crippen LogP contribution < -0.4 is 10.6 Å². The molecule has 4 aromatic rings. The van der Waals surface area contributed by atoms with Crippen LogP contribution in [-0.2, 0) is 32.1 Å². The van der Waals surface area contributed by atoms with E-state index in [4.69, 9.17) is 4.98 Å². The Hall–Kier alpha value is -4.72. The van der Waals surface area contributed by atoms with E-state index in [2.05, 4.69) is 15.6 Å². The number of H-pyrrole nitrogens is 1. The standard InChI is InChI=1S/C44H58F3N7O4/c1-8-25(5)42(56)51-35(9-2)44(58)52-16-10-11-30(52)23-54-38-15-13-28(46)19-37(38)50-41(54)40-34(32-14-12-27(45)18-36(32)49-40)20-31-17-29(47)22-53(31)43(57)33(24(3)4)21-39(55)26(6)48-7/h12-15,18-19,24-26,29-31,33,35,48-49H,8-11,16-17,20-23H2,1-7H3,(H,51,56)/t25-,26+,29+,30+,31+,33?,35+/m1/s1. The van der Waals surface area contributed by atoms with Gasteiger partial charge >= 0.3 is 0 Å². The van der Waals surface area contributed by atoms with Gasteiger partial charge in [0.05, 0.1) is 29.3 Å². The molecular weight excluding hydrogens is 748 g/mol. The summed E-state index contributed by atoms with van der Waals surface area (Å²) in [6, 6.07) is 6.79. The number of halogens is 3. The largest absolute Gasteiger partial charge is 0.352 e. The molecule has 0 spiro atoms. The van der Waals surface area contributed by atoms with Crippen LogP contribution in [0.3, 0.4) is 0 Å². The average molecular weight is 806 g/mol. The van der Waals surface area contributed by atoms with Crippen molar-refractivity contribution in [3.63, 3.8) is 0 Å². The lowest BCUT2D eigenvalue weighted by Gasteiger charge is -2.31. The van der Waals surface area contributed by atoms with E-state index in [9.17, 15) is 28.0 Å². The fourth-order valence-corrected chi connectivity index (χ4v) is 8.61. The normalized spacial score (nSPS) is 20.6. The number of aromatic nitrogens is 3. The number of carbonyl (C=O) groups is 4. The Kier molecular flexibility index (Phi) is 13.3. The Labute approximate surface area is 338 Å². The molecular formula is C44H58F3N7O4. The molecule has 2 aromatic heterocycles. The van der Waals surface area contributed by atoms with Crippen LogP contribution in [-0.4, -0.2) is 98.3 Å². The number of nitrogens with zero attached hydrogens (tertiary/aromatic N) is 4. The second-order valence-electron chi connectivity index (χ2n) is 16.7. The average Bonchev–Trinajstić information content (AvgIpc) is 3.98. The van der Waals surface area contributed by atoms with E-state index in [0.29, 0.717) is 71.4 Å². The molecule has 0 saturated carbocycles. The maximum absolute atomic E-state index is 15.5. The smallest absolute Gasteiger partial charge is 0.245 e. The molecule has 2 fully saturated rings. The van der Waals surface area contributed by atoms with Crippen molar-refractivity contribution in [2.75, 3.05) is 20.1 Å². The number of benzene rings is 2. The van der Waals surface area contributed by atoms with Gasteiger partial charge in [0.25, 0.3) is 0 Å². The summed E-state index contributed by atoms with van der Waals surface area (Å²) in [5.74, 6) is -2.23. The summed E-state index contributed by atoms with van der Waals surface area (Å²) in [5.41, 5.74) is 2.71. The van der Waals surface area contributed by atoms with Gasteiger partial charge in [-0.15, -0.1) is 0 Å². The molecule has 0 aliphatic carbocycles. The minimum absolute atomic E-state index is 0.0286. The molecule has 314 valence electrons. The maximum atomic E-state index is 15.5. The lowest BCUT2D eigenvalue weighted by molar-refractivity contribution is -0.140. The van der Waals surface area contributed by atoms with Gasteiger partial charge in [0.1, 0.15) is 29.6 Å². The van der Waals surface area contributed by atoms with Crippen molar-refractivity contribution in [3.05, 3.63) is 53.6 Å². The van der Waals surface area contributed by atoms with E-state index in [1.54, 1.807) is 31.0 Å². The Morgan fingerprint density at radius 1 is 0.948 bits per heavy atom. The third-order valence-corrected chi connectivity index (χ3v) is 12.5. The Balaban J connectivity index is 1.39. The molecule has 2 saturated heterocycles. The SMILES string of the molecule is CC[C@@H](C)C(=O)N[C@@H](CC)C(=O)N1CCC[C@H]1Cn1c(-c2[nH]c3cc(F)ccc3c2C[C@@H]2C[C@H](F)CN2C(=O)C(CC(=O)[C@H](C)NC)C(C)C)nc2cc(F)ccc21. The molecule has 4 heterocycles. The zero-order valence-corrected chi connectivity index (χ0v) is 34.7. The molecule has 0 bridgehead atoms. The van der Waals surface area contributed by atoms with Crippen LogP contribution in [0.1, 0.15) is 85.6 Å². The number of alkyl halides is 1. The molecule has 3 amide bonds. The van der Waals surface area contributed by atoms with E-state index in [-0.39, 0.29) is 67.2 Å². The number of aromatic amines is 1. The van der Waals surface area contributed by atoms with Crippen LogP contribution >= 0.6 is 0 Å². The van der Waals surface area contributed by atoms with Gasteiger partial charge in [-0.05, 0) is 87.9 Å². The maximum Gasteiger partial charge on any atom is 0.245 e. The molecule has 14 heteroatoms. The van der Waals surface area contributed by atoms with Crippen LogP contribution in [0.5, 0.6) is 0 Å². The number of hydrogen-bond donors (Lipinski definition) is 3. The number of rotatable bonds is 16. The summed E-state index contributed by atoms with van der Waals surface area (Å²) in [6.45, 7) is 11.9. The second kappa shape index (κ2) is 18.0. The lowest BCUT2D eigenvalue weighted by Crippen LogP contribution is -2.51. The number of imidazole rings is 1. The number of nitrogens with one attached hydrogen (secondary N) is 3. The van der Waals surface area contributed by atoms with Crippen molar-refractivity contribution in [2.24, 2.45) is 17.8 Å². The lowest BCUT2D eigenvalue weighted by atomic mass is 9.87. The molecule has 3 N–H and O–H groups in total. The monoisotopic (exact) mass is 805 g/mol. The van der Waals surface area contributed by atoms with Gasteiger partial charge in [-0.1, -0.05) is 34.6 Å². The highest BCUT2D eigenvalue weighted by Crippen LogP contribution is 2.38. The van der Waals surface area contributed by atoms with Gasteiger partial charge in [-0.25, -0.2) is 18.2 Å². The second-order valence-corrected chi connectivity index (χ2v) is 16.7. The topological polar surface area (TPSA) is 132 Å². The quantitative estimate of drug-likeness (QED) is 0.115. The third kappa shape index (κ3) is 8.81. The van der Waals surface area contributed by atoms with Crippen molar-refractivity contribution in [2.45, 2.75) is 123 Å². The van der Waals surface area contributed by atoms with E-state index < -0.39 is 41.8 Å². The minimum atomic E-state index is -1.28. The number of likely N-dealkylation sites (tertiary alicyclic amines) is 2. The predicted octanol–water partition coefficient (Wildman–Crippen LogP) is 6.72. The van der Waals surface area contributed by atoms with E-state index in [0.717, 1.165) is 6.42 Å². The molecule has 2 aliphatic rings. The van der Waals surface area contributed by atoms with Crippen molar-refractivity contribution in [1.29, 1.82) is 0 Å². The van der Waals surface area contributed by atoms with E-state index in [1.165, 1.54) is 24.3 Å². The van der Waals surface area contributed by atoms with E-state index in [1.807, 2.05) is 44.1 Å². The highest BCUT2D eigenvalue weighted by Gasteiger charge is 2.41. The molecule has 6 rings (SSSR count). The van der Waals surface area contributed by atoms with Gasteiger partial charge in [0, 0.05) is 66.8 Å². The summed E-state index contributed by atoms with van der Waals surface area (Å²) in [5, 5.41) is 6.57. The molecule has 0 radical (unpaired) electrons. The van der Waals surface area contributed by atoms with Crippen molar-refractivity contribution in [1.82, 2.24) is 35.0 Å². The number of hydrogen-bond acceptors (Lipinski definition) is 6. The number of fused-ring (bicyclic) bond motifs is 2. The van der Waals surface area contributed by atoms with Gasteiger partial charge in [0.15, 0.2) is 5.82 Å². The number of Topliss-reactive ketones (excluding diaryl/α,β-unsaturated/α-hetero) is 1. The highest BCUT2D eigenvalue weighted by molar-refractivity contribution is 5.93. The van der Waals surface area contributed by atoms with Crippen LogP contribution in [0.2, 0.25) is 0 Å². The fourth-order valence-electron chi connectivity index (χ4n) is 8.61. The molecule has 11 nitrogen and oxygen atoms in total. The van der Waals surface area contributed by atoms with Gasteiger partial charge in [0.2, 0.25) is 17.7 Å².